The lowest BCUT2D eigenvalue weighted by Gasteiger charge is -2.21. The molecule has 0 aromatic heterocycles. The van der Waals surface area contributed by atoms with Crippen LogP contribution in [-0.4, -0.2) is 19.1 Å². The molecule has 3 aromatic carbocycles. The van der Waals surface area contributed by atoms with Crippen LogP contribution in [0.5, 0.6) is 11.5 Å². The van der Waals surface area contributed by atoms with E-state index in [0.717, 1.165) is 28.5 Å². The van der Waals surface area contributed by atoms with Gasteiger partial charge in [-0.15, -0.1) is 0 Å². The Morgan fingerprint density at radius 3 is 2.30 bits per heavy atom. The first-order valence-corrected chi connectivity index (χ1v) is 9.20. The molecule has 0 spiro atoms. The minimum absolute atomic E-state index is 0.0638. The van der Waals surface area contributed by atoms with Crippen LogP contribution in [0.1, 0.15) is 31.9 Å². The first-order valence-electron chi connectivity index (χ1n) is 9.20. The van der Waals surface area contributed by atoms with Gasteiger partial charge in [-0.05, 0) is 53.9 Å². The summed E-state index contributed by atoms with van der Waals surface area (Å²) in [5, 5.41) is 5.31. The molecule has 4 nitrogen and oxygen atoms in total. The molecule has 3 aromatic rings. The van der Waals surface area contributed by atoms with E-state index in [9.17, 15) is 4.79 Å². The van der Waals surface area contributed by atoms with Gasteiger partial charge in [-0.25, -0.2) is 0 Å². The molecule has 0 bridgehead atoms. The quantitative estimate of drug-likeness (QED) is 0.650. The molecular weight excluding hydrogens is 338 g/mol. The van der Waals surface area contributed by atoms with Crippen LogP contribution in [0.25, 0.3) is 10.8 Å². The third kappa shape index (κ3) is 4.59. The third-order valence-corrected chi connectivity index (χ3v) is 4.65. The average molecular weight is 363 g/mol. The Hall–Kier alpha value is -3.01. The van der Waals surface area contributed by atoms with Crippen molar-refractivity contribution in [3.05, 3.63) is 72.3 Å². The van der Waals surface area contributed by atoms with Gasteiger partial charge in [0.25, 0.3) is 5.91 Å². The summed E-state index contributed by atoms with van der Waals surface area (Å²) in [5.74, 6) is 1.35. The minimum atomic E-state index is -0.585. The van der Waals surface area contributed by atoms with E-state index in [1.807, 2.05) is 67.6 Å². The molecule has 0 heterocycles. The molecule has 0 aliphatic rings. The smallest absolute Gasteiger partial charge is 0.261 e. The SMILES string of the molecule is CCC(NC(=O)C(C)Oc1ccc2ccccc2c1)c1ccc(OC)cc1. The minimum Gasteiger partial charge on any atom is -0.497 e. The van der Waals surface area contributed by atoms with Gasteiger partial charge in [0.2, 0.25) is 0 Å². The third-order valence-electron chi connectivity index (χ3n) is 4.65. The fourth-order valence-electron chi connectivity index (χ4n) is 3.04. The Bertz CT molecular complexity index is 905. The molecule has 27 heavy (non-hydrogen) atoms. The lowest BCUT2D eigenvalue weighted by Crippen LogP contribution is -2.38. The molecule has 0 saturated carbocycles. The number of methoxy groups -OCH3 is 1. The molecule has 0 saturated heterocycles. The standard InChI is InChI=1S/C23H25NO3/c1-4-22(18-10-12-20(26-3)13-11-18)24-23(25)16(2)27-21-14-9-17-7-5-6-8-19(17)15-21/h5-16,22H,4H2,1-3H3,(H,24,25). The van der Waals surface area contributed by atoms with E-state index < -0.39 is 6.10 Å². The van der Waals surface area contributed by atoms with Crippen LogP contribution in [0.3, 0.4) is 0 Å². The van der Waals surface area contributed by atoms with Crippen molar-refractivity contribution in [2.45, 2.75) is 32.4 Å². The van der Waals surface area contributed by atoms with Crippen LogP contribution in [-0.2, 0) is 4.79 Å². The maximum absolute atomic E-state index is 12.6. The second kappa shape index (κ2) is 8.58. The first kappa shape index (κ1) is 18.8. The zero-order valence-electron chi connectivity index (χ0n) is 15.9. The molecule has 1 N–H and O–H groups in total. The van der Waals surface area contributed by atoms with Gasteiger partial charge in [0.05, 0.1) is 13.2 Å². The van der Waals surface area contributed by atoms with E-state index in [0.29, 0.717) is 5.75 Å². The molecule has 1 amide bonds. The second-order valence-electron chi connectivity index (χ2n) is 6.51. The Morgan fingerprint density at radius 1 is 0.963 bits per heavy atom. The maximum atomic E-state index is 12.6. The van der Waals surface area contributed by atoms with E-state index in [1.54, 1.807) is 14.0 Å². The summed E-state index contributed by atoms with van der Waals surface area (Å²) in [5.41, 5.74) is 1.05. The Balaban J connectivity index is 1.65. The van der Waals surface area contributed by atoms with Crippen LogP contribution >= 0.6 is 0 Å². The van der Waals surface area contributed by atoms with Gasteiger partial charge in [-0.2, -0.15) is 0 Å². The fraction of sp³-hybridized carbons (Fsp3) is 0.261. The number of carbonyl (C=O) groups excluding carboxylic acids is 1. The summed E-state index contributed by atoms with van der Waals surface area (Å²) in [6, 6.07) is 21.6. The normalized spacial score (nSPS) is 13.0. The summed E-state index contributed by atoms with van der Waals surface area (Å²) < 4.78 is 11.1. The number of carbonyl (C=O) groups is 1. The maximum Gasteiger partial charge on any atom is 0.261 e. The lowest BCUT2D eigenvalue weighted by atomic mass is 10.0. The molecule has 4 heteroatoms. The zero-order valence-corrected chi connectivity index (χ0v) is 15.9. The van der Waals surface area contributed by atoms with Crippen molar-refractivity contribution in [2.75, 3.05) is 7.11 Å². The second-order valence-corrected chi connectivity index (χ2v) is 6.51. The van der Waals surface area contributed by atoms with E-state index >= 15 is 0 Å². The summed E-state index contributed by atoms with van der Waals surface area (Å²) in [6.07, 6.45) is 0.208. The van der Waals surface area contributed by atoms with E-state index in [1.165, 1.54) is 0 Å². The number of ether oxygens (including phenoxy) is 2. The van der Waals surface area contributed by atoms with Crippen molar-refractivity contribution in [2.24, 2.45) is 0 Å². The Kier molecular flexibility index (Phi) is 5.97. The highest BCUT2D eigenvalue weighted by molar-refractivity contribution is 5.84. The van der Waals surface area contributed by atoms with Crippen molar-refractivity contribution in [1.82, 2.24) is 5.32 Å². The van der Waals surface area contributed by atoms with Gasteiger partial charge in [0.1, 0.15) is 11.5 Å². The number of benzene rings is 3. The van der Waals surface area contributed by atoms with Gasteiger partial charge in [0.15, 0.2) is 6.10 Å². The van der Waals surface area contributed by atoms with Crippen LogP contribution in [0.2, 0.25) is 0 Å². The van der Waals surface area contributed by atoms with Crippen LogP contribution in [0.15, 0.2) is 66.7 Å². The largest absolute Gasteiger partial charge is 0.497 e. The van der Waals surface area contributed by atoms with Crippen molar-refractivity contribution in [3.8, 4) is 11.5 Å². The summed E-state index contributed by atoms with van der Waals surface area (Å²) in [7, 11) is 1.64. The van der Waals surface area contributed by atoms with Gasteiger partial charge < -0.3 is 14.8 Å². The van der Waals surface area contributed by atoms with Gasteiger partial charge >= 0.3 is 0 Å². The van der Waals surface area contributed by atoms with Crippen LogP contribution in [0, 0.1) is 0 Å². The molecule has 3 rings (SSSR count). The Morgan fingerprint density at radius 2 is 1.63 bits per heavy atom. The van der Waals surface area contributed by atoms with Crippen molar-refractivity contribution in [3.63, 3.8) is 0 Å². The van der Waals surface area contributed by atoms with E-state index in [4.69, 9.17) is 9.47 Å². The molecule has 2 atom stereocenters. The van der Waals surface area contributed by atoms with Gasteiger partial charge in [-0.1, -0.05) is 49.4 Å². The highest BCUT2D eigenvalue weighted by Gasteiger charge is 2.19. The number of hydrogen-bond donors (Lipinski definition) is 1. The number of nitrogens with one attached hydrogen (secondary N) is 1. The van der Waals surface area contributed by atoms with Gasteiger partial charge in [0, 0.05) is 0 Å². The topological polar surface area (TPSA) is 47.6 Å². The predicted octanol–water partition coefficient (Wildman–Crippen LogP) is 4.88. The number of amides is 1. The lowest BCUT2D eigenvalue weighted by molar-refractivity contribution is -0.128. The van der Waals surface area contributed by atoms with Gasteiger partial charge in [-0.3, -0.25) is 4.79 Å². The summed E-state index contributed by atoms with van der Waals surface area (Å²) in [6.45, 7) is 3.81. The zero-order chi connectivity index (χ0) is 19.2. The molecule has 0 aliphatic carbocycles. The Labute approximate surface area is 160 Å². The summed E-state index contributed by atoms with van der Waals surface area (Å²) >= 11 is 0. The van der Waals surface area contributed by atoms with Crippen LogP contribution in [0.4, 0.5) is 0 Å². The van der Waals surface area contributed by atoms with E-state index in [-0.39, 0.29) is 11.9 Å². The predicted molar refractivity (Wildman–Crippen MR) is 108 cm³/mol. The number of hydrogen-bond acceptors (Lipinski definition) is 3. The number of rotatable bonds is 7. The average Bonchev–Trinajstić information content (AvgIpc) is 2.71. The molecule has 2 unspecified atom stereocenters. The number of fused-ring (bicyclic) bond motifs is 1. The molecule has 0 radical (unpaired) electrons. The van der Waals surface area contributed by atoms with Crippen LogP contribution < -0.4 is 14.8 Å². The summed E-state index contributed by atoms with van der Waals surface area (Å²) in [4.78, 5) is 12.6. The van der Waals surface area contributed by atoms with E-state index in [2.05, 4.69) is 11.4 Å². The van der Waals surface area contributed by atoms with Crippen molar-refractivity contribution < 1.29 is 14.3 Å². The molecule has 0 fully saturated rings. The molecule has 0 aliphatic heterocycles. The fourth-order valence-corrected chi connectivity index (χ4v) is 3.04. The van der Waals surface area contributed by atoms with Crippen molar-refractivity contribution in [1.29, 1.82) is 0 Å². The molecule has 140 valence electrons. The highest BCUT2D eigenvalue weighted by atomic mass is 16.5. The highest BCUT2D eigenvalue weighted by Crippen LogP contribution is 2.23. The monoisotopic (exact) mass is 363 g/mol. The molecular formula is C23H25NO3. The van der Waals surface area contributed by atoms with Crippen molar-refractivity contribution >= 4 is 16.7 Å². The first-order chi connectivity index (χ1) is 13.1.